The van der Waals surface area contributed by atoms with Crippen LogP contribution in [-0.2, 0) is 10.9 Å². The number of pyridine rings is 1. The number of hydrogen-bond acceptors (Lipinski definition) is 4. The lowest BCUT2D eigenvalue weighted by Gasteiger charge is -2.35. The molecule has 1 N–H and O–H groups in total. The first-order chi connectivity index (χ1) is 14.0. The van der Waals surface area contributed by atoms with Crippen LogP contribution in [0.5, 0.6) is 5.75 Å². The third-order valence-corrected chi connectivity index (χ3v) is 4.45. The number of morpholine rings is 1. The topological polar surface area (TPSA) is 59.0 Å². The number of guanidine groups is 1. The average Bonchev–Trinajstić information content (AvgIpc) is 2.74. The summed E-state index contributed by atoms with van der Waals surface area (Å²) >= 11 is 0. The predicted molar refractivity (Wildman–Crippen MR) is 103 cm³/mol. The van der Waals surface area contributed by atoms with E-state index in [1.54, 1.807) is 31.6 Å². The second kappa shape index (κ2) is 9.60. The minimum Gasteiger partial charge on any atom is -0.490 e. The van der Waals surface area contributed by atoms with Crippen molar-refractivity contribution in [2.45, 2.75) is 12.3 Å². The molecule has 1 saturated heterocycles. The standard InChI is InChI=1S/C20H23F3N4O2/c1-24-19(26-8-10-28-17-6-3-7-25-13-17)27-9-11-29-18(14-27)15-4-2-5-16(12-15)20(21,22)23/h2-7,12-13,18H,8-11,14H2,1H3,(H,24,26). The van der Waals surface area contributed by atoms with Gasteiger partial charge in [-0.1, -0.05) is 12.1 Å². The molecule has 0 aliphatic carbocycles. The molecule has 0 bridgehead atoms. The number of rotatable bonds is 5. The first kappa shape index (κ1) is 20.9. The van der Waals surface area contributed by atoms with Gasteiger partial charge in [0.2, 0.25) is 0 Å². The molecule has 156 valence electrons. The van der Waals surface area contributed by atoms with Crippen LogP contribution in [0, 0.1) is 0 Å². The van der Waals surface area contributed by atoms with E-state index in [0.29, 0.717) is 50.1 Å². The van der Waals surface area contributed by atoms with Gasteiger partial charge in [0, 0.05) is 19.8 Å². The first-order valence-corrected chi connectivity index (χ1v) is 9.24. The van der Waals surface area contributed by atoms with E-state index in [4.69, 9.17) is 9.47 Å². The second-order valence-corrected chi connectivity index (χ2v) is 6.44. The number of hydrogen-bond donors (Lipinski definition) is 1. The molecule has 0 radical (unpaired) electrons. The molecule has 9 heteroatoms. The molecular weight excluding hydrogens is 385 g/mol. The van der Waals surface area contributed by atoms with Gasteiger partial charge in [-0.3, -0.25) is 9.98 Å². The minimum absolute atomic E-state index is 0.397. The largest absolute Gasteiger partial charge is 0.490 e. The summed E-state index contributed by atoms with van der Waals surface area (Å²) in [5, 5.41) is 3.21. The number of halogens is 3. The summed E-state index contributed by atoms with van der Waals surface area (Å²) in [6, 6.07) is 8.89. The smallest absolute Gasteiger partial charge is 0.416 e. The summed E-state index contributed by atoms with van der Waals surface area (Å²) < 4.78 is 50.3. The molecule has 1 aromatic heterocycles. The van der Waals surface area contributed by atoms with Crippen molar-refractivity contribution in [2.24, 2.45) is 4.99 Å². The van der Waals surface area contributed by atoms with Crippen molar-refractivity contribution < 1.29 is 22.6 Å². The molecule has 29 heavy (non-hydrogen) atoms. The minimum atomic E-state index is -4.38. The lowest BCUT2D eigenvalue weighted by Crippen LogP contribution is -2.48. The highest BCUT2D eigenvalue weighted by molar-refractivity contribution is 5.80. The number of aliphatic imine (C=N–C) groups is 1. The van der Waals surface area contributed by atoms with E-state index in [-0.39, 0.29) is 0 Å². The number of benzene rings is 1. The molecule has 2 aromatic rings. The fourth-order valence-corrected chi connectivity index (χ4v) is 3.06. The monoisotopic (exact) mass is 408 g/mol. The lowest BCUT2D eigenvalue weighted by atomic mass is 10.0. The molecule has 0 saturated carbocycles. The maximum absolute atomic E-state index is 13.0. The Morgan fingerprint density at radius 3 is 2.93 bits per heavy atom. The highest BCUT2D eigenvalue weighted by Gasteiger charge is 2.32. The zero-order valence-electron chi connectivity index (χ0n) is 16.0. The van der Waals surface area contributed by atoms with E-state index in [9.17, 15) is 13.2 Å². The van der Waals surface area contributed by atoms with Gasteiger partial charge in [-0.15, -0.1) is 0 Å². The van der Waals surface area contributed by atoms with Gasteiger partial charge in [0.1, 0.15) is 18.5 Å². The van der Waals surface area contributed by atoms with Crippen molar-refractivity contribution in [2.75, 3.05) is 39.9 Å². The lowest BCUT2D eigenvalue weighted by molar-refractivity contribution is -0.137. The van der Waals surface area contributed by atoms with E-state index in [0.717, 1.165) is 12.1 Å². The number of ether oxygens (including phenoxy) is 2. The van der Waals surface area contributed by atoms with Crippen LogP contribution < -0.4 is 10.1 Å². The summed E-state index contributed by atoms with van der Waals surface area (Å²) in [7, 11) is 1.67. The Morgan fingerprint density at radius 1 is 1.34 bits per heavy atom. The summed E-state index contributed by atoms with van der Waals surface area (Å²) in [4.78, 5) is 10.2. The fraction of sp³-hybridized carbons (Fsp3) is 0.400. The molecule has 2 heterocycles. The Morgan fingerprint density at radius 2 is 2.21 bits per heavy atom. The van der Waals surface area contributed by atoms with Crippen LogP contribution in [0.3, 0.4) is 0 Å². The predicted octanol–water partition coefficient (Wildman–Crippen LogP) is 3.13. The SMILES string of the molecule is CN=C(NCCOc1cccnc1)N1CCOC(c2cccc(C(F)(F)F)c2)C1. The third kappa shape index (κ3) is 5.83. The molecule has 6 nitrogen and oxygen atoms in total. The molecule has 1 fully saturated rings. The Hall–Kier alpha value is -2.81. The van der Waals surface area contributed by atoms with Gasteiger partial charge in [-0.2, -0.15) is 13.2 Å². The number of nitrogens with zero attached hydrogens (tertiary/aromatic N) is 3. The van der Waals surface area contributed by atoms with Crippen molar-refractivity contribution >= 4 is 5.96 Å². The Balaban J connectivity index is 1.56. The van der Waals surface area contributed by atoms with Crippen LogP contribution in [0.15, 0.2) is 53.8 Å². The Labute approximate surface area is 167 Å². The van der Waals surface area contributed by atoms with Crippen molar-refractivity contribution in [3.63, 3.8) is 0 Å². The van der Waals surface area contributed by atoms with E-state index in [1.165, 1.54) is 6.07 Å². The molecule has 1 aliphatic rings. The van der Waals surface area contributed by atoms with E-state index in [1.807, 2.05) is 11.0 Å². The number of alkyl halides is 3. The van der Waals surface area contributed by atoms with E-state index in [2.05, 4.69) is 15.3 Å². The highest BCUT2D eigenvalue weighted by Crippen LogP contribution is 2.32. The van der Waals surface area contributed by atoms with E-state index >= 15 is 0 Å². The van der Waals surface area contributed by atoms with Gasteiger partial charge in [-0.05, 0) is 29.8 Å². The molecule has 1 atom stereocenters. The summed E-state index contributed by atoms with van der Waals surface area (Å²) in [5.74, 6) is 1.33. The summed E-state index contributed by atoms with van der Waals surface area (Å²) in [5.41, 5.74) is -0.175. The van der Waals surface area contributed by atoms with Crippen LogP contribution in [0.1, 0.15) is 17.2 Å². The highest BCUT2D eigenvalue weighted by atomic mass is 19.4. The van der Waals surface area contributed by atoms with Crippen LogP contribution >= 0.6 is 0 Å². The van der Waals surface area contributed by atoms with Gasteiger partial charge >= 0.3 is 6.18 Å². The van der Waals surface area contributed by atoms with Gasteiger partial charge in [0.05, 0.1) is 31.5 Å². The van der Waals surface area contributed by atoms with Gasteiger partial charge in [-0.25, -0.2) is 0 Å². The van der Waals surface area contributed by atoms with Crippen molar-refractivity contribution in [1.82, 2.24) is 15.2 Å². The maximum Gasteiger partial charge on any atom is 0.416 e. The molecule has 3 rings (SSSR count). The third-order valence-electron chi connectivity index (χ3n) is 4.45. The molecule has 1 unspecified atom stereocenters. The number of aromatic nitrogens is 1. The zero-order valence-corrected chi connectivity index (χ0v) is 16.0. The summed E-state index contributed by atoms with van der Waals surface area (Å²) in [6.07, 6.45) is -1.53. The van der Waals surface area contributed by atoms with Crippen LogP contribution in [0.2, 0.25) is 0 Å². The van der Waals surface area contributed by atoms with Crippen LogP contribution in [-0.4, -0.2) is 55.7 Å². The zero-order chi connectivity index (χ0) is 20.7. The molecular formula is C20H23F3N4O2. The normalized spacial score (nSPS) is 17.9. The van der Waals surface area contributed by atoms with E-state index < -0.39 is 17.8 Å². The molecule has 0 spiro atoms. The molecule has 1 aliphatic heterocycles. The second-order valence-electron chi connectivity index (χ2n) is 6.44. The maximum atomic E-state index is 13.0. The Kier molecular flexibility index (Phi) is 6.92. The van der Waals surface area contributed by atoms with Crippen LogP contribution in [0.25, 0.3) is 0 Å². The fourth-order valence-electron chi connectivity index (χ4n) is 3.06. The van der Waals surface area contributed by atoms with Crippen molar-refractivity contribution in [3.8, 4) is 5.75 Å². The molecule has 0 amide bonds. The van der Waals surface area contributed by atoms with Gasteiger partial charge < -0.3 is 19.7 Å². The Bertz CT molecular complexity index is 815. The average molecular weight is 408 g/mol. The van der Waals surface area contributed by atoms with Gasteiger partial charge in [0.25, 0.3) is 0 Å². The molecule has 1 aromatic carbocycles. The first-order valence-electron chi connectivity index (χ1n) is 9.24. The summed E-state index contributed by atoms with van der Waals surface area (Å²) in [6.45, 7) is 2.34. The quantitative estimate of drug-likeness (QED) is 0.468. The van der Waals surface area contributed by atoms with Crippen LogP contribution in [0.4, 0.5) is 13.2 Å². The van der Waals surface area contributed by atoms with Crippen molar-refractivity contribution in [3.05, 3.63) is 59.9 Å². The van der Waals surface area contributed by atoms with Crippen molar-refractivity contribution in [1.29, 1.82) is 0 Å². The number of nitrogens with one attached hydrogen (secondary N) is 1. The van der Waals surface area contributed by atoms with Gasteiger partial charge in [0.15, 0.2) is 5.96 Å².